The topological polar surface area (TPSA) is 109 Å². The molecule has 0 bridgehead atoms. The van der Waals surface area contributed by atoms with Gasteiger partial charge in [-0.2, -0.15) is 22.9 Å². The number of carbonyl (C=O) groups is 2. The van der Waals surface area contributed by atoms with Crippen molar-refractivity contribution in [3.8, 4) is 0 Å². The first-order valence-electron chi connectivity index (χ1n) is 13.1. The lowest BCUT2D eigenvalue weighted by Crippen LogP contribution is -2.25. The Kier molecular flexibility index (Phi) is 15.2. The van der Waals surface area contributed by atoms with E-state index in [1.807, 2.05) is 0 Å². The predicted molar refractivity (Wildman–Crippen MR) is 151 cm³/mol. The van der Waals surface area contributed by atoms with Crippen LogP contribution in [-0.2, 0) is 0 Å². The van der Waals surface area contributed by atoms with E-state index in [9.17, 15) is 9.59 Å². The smallest absolute Gasteiger partial charge is 0.251 e. The monoisotopic (exact) mass is 511 g/mol. The number of thiol groups is 1. The van der Waals surface area contributed by atoms with Gasteiger partial charge in [-0.05, 0) is 67.9 Å². The Morgan fingerprint density at radius 2 is 1.00 bits per heavy atom. The average Bonchev–Trinajstić information content (AvgIpc) is 2.91. The van der Waals surface area contributed by atoms with Crippen LogP contribution < -0.4 is 16.4 Å². The highest BCUT2D eigenvalue weighted by atomic mass is 32.1. The Labute approximate surface area is 221 Å². The third kappa shape index (κ3) is 12.3. The molecule has 0 aliphatic carbocycles. The Balaban J connectivity index is 1.62. The average molecular weight is 512 g/mol. The van der Waals surface area contributed by atoms with Crippen molar-refractivity contribution < 1.29 is 9.59 Å². The zero-order valence-electron chi connectivity index (χ0n) is 21.3. The first kappa shape index (κ1) is 29.5. The maximum absolute atomic E-state index is 12.4. The summed E-state index contributed by atoms with van der Waals surface area (Å²) in [7, 11) is 0. The molecule has 8 heteroatoms. The van der Waals surface area contributed by atoms with Crippen molar-refractivity contribution in [2.45, 2.75) is 64.2 Å². The fourth-order valence-electron chi connectivity index (χ4n) is 3.73. The standard InChI is InChI=1S/C28H41N5O2S/c29-19-9-7-5-3-1-2-4-6-8-10-20-30-27(34)23-11-15-25(16-12-23)32-33-26-17-13-24(14-18-26)28(35)31-21-22-36/h11-18,36H,1-10,19-22,29H2,(H,30,34)(H,31,35). The minimum Gasteiger partial charge on any atom is -0.352 e. The SMILES string of the molecule is NCCCCCCCCCCCCNC(=O)c1ccc(N=Nc2ccc(C(=O)NCCS)cc2)cc1. The Hall–Kier alpha value is -2.71. The van der Waals surface area contributed by atoms with Gasteiger partial charge in [0.2, 0.25) is 0 Å². The molecule has 0 aliphatic rings. The van der Waals surface area contributed by atoms with Crippen LogP contribution in [0.5, 0.6) is 0 Å². The van der Waals surface area contributed by atoms with Crippen molar-refractivity contribution >= 4 is 35.8 Å². The normalized spacial score (nSPS) is 11.1. The van der Waals surface area contributed by atoms with Gasteiger partial charge in [-0.3, -0.25) is 9.59 Å². The summed E-state index contributed by atoms with van der Waals surface area (Å²) in [6, 6.07) is 14.0. The number of azo groups is 1. The van der Waals surface area contributed by atoms with Crippen molar-refractivity contribution in [3.05, 3.63) is 59.7 Å². The lowest BCUT2D eigenvalue weighted by Gasteiger charge is -2.06. The van der Waals surface area contributed by atoms with Crippen LogP contribution in [0.2, 0.25) is 0 Å². The van der Waals surface area contributed by atoms with Crippen LogP contribution in [0, 0.1) is 0 Å². The van der Waals surface area contributed by atoms with E-state index in [1.54, 1.807) is 48.5 Å². The lowest BCUT2D eigenvalue weighted by atomic mass is 10.1. The van der Waals surface area contributed by atoms with Crippen molar-refractivity contribution in [2.24, 2.45) is 16.0 Å². The Bertz CT molecular complexity index is 917. The molecule has 2 amide bonds. The second-order valence-electron chi connectivity index (χ2n) is 8.85. The van der Waals surface area contributed by atoms with Crippen LogP contribution in [0.1, 0.15) is 84.9 Å². The highest BCUT2D eigenvalue weighted by molar-refractivity contribution is 7.80. The van der Waals surface area contributed by atoms with Crippen LogP contribution in [-0.4, -0.2) is 37.2 Å². The minimum atomic E-state index is -0.137. The van der Waals surface area contributed by atoms with E-state index in [2.05, 4.69) is 33.5 Å². The fourth-order valence-corrected chi connectivity index (χ4v) is 3.85. The van der Waals surface area contributed by atoms with Crippen LogP contribution >= 0.6 is 12.6 Å². The molecule has 0 aliphatic heterocycles. The molecule has 0 spiro atoms. The summed E-state index contributed by atoms with van der Waals surface area (Å²) in [6.45, 7) is 2.03. The van der Waals surface area contributed by atoms with Crippen molar-refractivity contribution in [1.82, 2.24) is 10.6 Å². The number of hydrogen-bond acceptors (Lipinski definition) is 6. The number of nitrogens with one attached hydrogen (secondary N) is 2. The van der Waals surface area contributed by atoms with Gasteiger partial charge in [0, 0.05) is 30.0 Å². The molecule has 0 heterocycles. The summed E-state index contributed by atoms with van der Waals surface area (Å²) >= 11 is 4.08. The summed E-state index contributed by atoms with van der Waals surface area (Å²) in [4.78, 5) is 24.3. The summed E-state index contributed by atoms with van der Waals surface area (Å²) in [6.07, 6.45) is 12.3. The number of rotatable bonds is 18. The van der Waals surface area contributed by atoms with Crippen LogP contribution in [0.25, 0.3) is 0 Å². The molecule has 4 N–H and O–H groups in total. The number of amides is 2. The molecule has 0 atom stereocenters. The van der Waals surface area contributed by atoms with Gasteiger partial charge in [-0.1, -0.05) is 51.4 Å². The van der Waals surface area contributed by atoms with Gasteiger partial charge in [0.05, 0.1) is 11.4 Å². The second kappa shape index (κ2) is 18.5. The van der Waals surface area contributed by atoms with Crippen LogP contribution in [0.3, 0.4) is 0 Å². The van der Waals surface area contributed by atoms with Crippen LogP contribution in [0.15, 0.2) is 58.8 Å². The predicted octanol–water partition coefficient (Wildman–Crippen LogP) is 6.35. The maximum Gasteiger partial charge on any atom is 0.251 e. The number of nitrogens with zero attached hydrogens (tertiary/aromatic N) is 2. The minimum absolute atomic E-state index is 0.0669. The van der Waals surface area contributed by atoms with Gasteiger partial charge in [0.15, 0.2) is 0 Å². The van der Waals surface area contributed by atoms with Gasteiger partial charge in [-0.25, -0.2) is 0 Å². The number of nitrogens with two attached hydrogens (primary N) is 1. The van der Waals surface area contributed by atoms with Crippen LogP contribution in [0.4, 0.5) is 11.4 Å². The van der Waals surface area contributed by atoms with Gasteiger partial charge in [0.25, 0.3) is 11.8 Å². The van der Waals surface area contributed by atoms with Gasteiger partial charge >= 0.3 is 0 Å². The third-order valence-electron chi connectivity index (χ3n) is 5.85. The van der Waals surface area contributed by atoms with Crippen molar-refractivity contribution in [1.29, 1.82) is 0 Å². The van der Waals surface area contributed by atoms with E-state index < -0.39 is 0 Å². The summed E-state index contributed by atoms with van der Waals surface area (Å²) in [5.74, 6) is 0.389. The first-order chi connectivity index (χ1) is 17.6. The summed E-state index contributed by atoms with van der Waals surface area (Å²) in [5.41, 5.74) is 7.99. The molecule has 0 unspecified atom stereocenters. The van der Waals surface area contributed by atoms with E-state index in [1.165, 1.54) is 44.9 Å². The van der Waals surface area contributed by atoms with Gasteiger partial charge in [0.1, 0.15) is 0 Å². The first-order valence-corrected chi connectivity index (χ1v) is 13.8. The molecule has 2 aromatic carbocycles. The number of benzene rings is 2. The molecule has 196 valence electrons. The van der Waals surface area contributed by atoms with E-state index in [4.69, 9.17) is 5.73 Å². The molecule has 0 saturated carbocycles. The van der Waals surface area contributed by atoms with Gasteiger partial charge < -0.3 is 16.4 Å². The largest absolute Gasteiger partial charge is 0.352 e. The van der Waals surface area contributed by atoms with Gasteiger partial charge in [-0.15, -0.1) is 0 Å². The lowest BCUT2D eigenvalue weighted by molar-refractivity contribution is 0.0946. The Morgan fingerprint density at radius 1 is 0.611 bits per heavy atom. The molecule has 0 radical (unpaired) electrons. The fraction of sp³-hybridized carbons (Fsp3) is 0.500. The highest BCUT2D eigenvalue weighted by Gasteiger charge is 2.05. The molecule has 36 heavy (non-hydrogen) atoms. The molecule has 7 nitrogen and oxygen atoms in total. The molecule has 2 rings (SSSR count). The summed E-state index contributed by atoms with van der Waals surface area (Å²) < 4.78 is 0. The number of hydrogen-bond donors (Lipinski definition) is 4. The Morgan fingerprint density at radius 3 is 1.42 bits per heavy atom. The maximum atomic E-state index is 12.4. The zero-order chi connectivity index (χ0) is 25.8. The highest BCUT2D eigenvalue weighted by Crippen LogP contribution is 2.19. The van der Waals surface area contributed by atoms with E-state index >= 15 is 0 Å². The third-order valence-corrected chi connectivity index (χ3v) is 6.08. The summed E-state index contributed by atoms with van der Waals surface area (Å²) in [5, 5.41) is 14.2. The second-order valence-corrected chi connectivity index (χ2v) is 9.30. The van der Waals surface area contributed by atoms with Crippen molar-refractivity contribution in [3.63, 3.8) is 0 Å². The number of unbranched alkanes of at least 4 members (excludes halogenated alkanes) is 9. The quantitative estimate of drug-likeness (QED) is 0.106. The van der Waals surface area contributed by atoms with E-state index in [0.29, 0.717) is 41.3 Å². The van der Waals surface area contributed by atoms with E-state index in [-0.39, 0.29) is 11.8 Å². The van der Waals surface area contributed by atoms with E-state index in [0.717, 1.165) is 25.8 Å². The zero-order valence-corrected chi connectivity index (χ0v) is 22.1. The molecular formula is C28H41N5O2S. The van der Waals surface area contributed by atoms with Crippen molar-refractivity contribution in [2.75, 3.05) is 25.4 Å². The molecule has 2 aromatic rings. The molecule has 0 saturated heterocycles. The number of carbonyl (C=O) groups excluding carboxylic acids is 2. The molecular weight excluding hydrogens is 470 g/mol. The molecule has 0 fully saturated rings. The molecule has 0 aromatic heterocycles.